The van der Waals surface area contributed by atoms with Gasteiger partial charge in [0.15, 0.2) is 0 Å². The van der Waals surface area contributed by atoms with Crippen LogP contribution in [0.4, 0.5) is 0 Å². The molecular formula is C15H29N3O. The highest BCUT2D eigenvalue weighted by Gasteiger charge is 2.24. The van der Waals surface area contributed by atoms with Crippen molar-refractivity contribution in [2.45, 2.75) is 59.1 Å². The first-order valence-corrected chi connectivity index (χ1v) is 7.00. The standard InChI is InChI=1S/C15H29N3O/c1-8-18(11-15(5,6)19)10-12-9-17(7)16-13(12)14(2,3)4/h9,19H,8,10-11H2,1-7H3. The summed E-state index contributed by atoms with van der Waals surface area (Å²) in [7, 11) is 1.96. The fourth-order valence-electron chi connectivity index (χ4n) is 2.35. The van der Waals surface area contributed by atoms with E-state index in [0.29, 0.717) is 6.54 Å². The maximum atomic E-state index is 9.97. The van der Waals surface area contributed by atoms with Crippen molar-refractivity contribution < 1.29 is 5.11 Å². The minimum absolute atomic E-state index is 0.0464. The zero-order chi connectivity index (χ0) is 14.8. The molecule has 0 bridgehead atoms. The van der Waals surface area contributed by atoms with Crippen molar-refractivity contribution in [2.75, 3.05) is 13.1 Å². The van der Waals surface area contributed by atoms with Crippen LogP contribution in [0, 0.1) is 0 Å². The van der Waals surface area contributed by atoms with E-state index >= 15 is 0 Å². The minimum atomic E-state index is -0.667. The van der Waals surface area contributed by atoms with E-state index in [1.165, 1.54) is 5.56 Å². The summed E-state index contributed by atoms with van der Waals surface area (Å²) in [5.41, 5.74) is 1.77. The van der Waals surface area contributed by atoms with Gasteiger partial charge < -0.3 is 5.11 Å². The van der Waals surface area contributed by atoms with Crippen molar-refractivity contribution >= 4 is 0 Å². The third-order valence-electron chi connectivity index (χ3n) is 3.07. The van der Waals surface area contributed by atoms with Crippen LogP contribution in [-0.2, 0) is 19.0 Å². The van der Waals surface area contributed by atoms with Gasteiger partial charge in [0, 0.05) is 37.3 Å². The van der Waals surface area contributed by atoms with Crippen molar-refractivity contribution in [1.29, 1.82) is 0 Å². The molecule has 0 radical (unpaired) electrons. The number of likely N-dealkylation sites (N-methyl/N-ethyl adjacent to an activating group) is 1. The summed E-state index contributed by atoms with van der Waals surface area (Å²) in [4.78, 5) is 2.26. The molecule has 4 heteroatoms. The number of aromatic nitrogens is 2. The van der Waals surface area contributed by atoms with E-state index in [2.05, 4.69) is 43.9 Å². The molecule has 0 spiro atoms. The molecule has 0 atom stereocenters. The molecular weight excluding hydrogens is 238 g/mol. The van der Waals surface area contributed by atoms with E-state index in [1.807, 2.05) is 25.6 Å². The van der Waals surface area contributed by atoms with Gasteiger partial charge in [0.25, 0.3) is 0 Å². The predicted octanol–water partition coefficient (Wildman–Crippen LogP) is 2.31. The van der Waals surface area contributed by atoms with E-state index in [1.54, 1.807) is 0 Å². The lowest BCUT2D eigenvalue weighted by atomic mass is 9.89. The Hall–Kier alpha value is -0.870. The average Bonchev–Trinajstić information content (AvgIpc) is 2.56. The van der Waals surface area contributed by atoms with Crippen LogP contribution in [0.3, 0.4) is 0 Å². The molecule has 0 aliphatic rings. The lowest BCUT2D eigenvalue weighted by Gasteiger charge is -2.28. The zero-order valence-electron chi connectivity index (χ0n) is 13.5. The van der Waals surface area contributed by atoms with Crippen LogP contribution in [0.2, 0.25) is 0 Å². The molecule has 0 aliphatic heterocycles. The Labute approximate surface area is 117 Å². The van der Waals surface area contributed by atoms with E-state index < -0.39 is 5.60 Å². The Morgan fingerprint density at radius 1 is 1.26 bits per heavy atom. The molecule has 0 saturated carbocycles. The average molecular weight is 267 g/mol. The van der Waals surface area contributed by atoms with Gasteiger partial charge in [0.2, 0.25) is 0 Å². The van der Waals surface area contributed by atoms with Crippen molar-refractivity contribution in [1.82, 2.24) is 14.7 Å². The van der Waals surface area contributed by atoms with E-state index in [4.69, 9.17) is 0 Å². The summed E-state index contributed by atoms with van der Waals surface area (Å²) in [6, 6.07) is 0. The molecule has 0 amide bonds. The lowest BCUT2D eigenvalue weighted by molar-refractivity contribution is 0.0352. The van der Waals surface area contributed by atoms with Crippen LogP contribution in [0.5, 0.6) is 0 Å². The van der Waals surface area contributed by atoms with Gasteiger partial charge >= 0.3 is 0 Å². The number of aryl methyl sites for hydroxylation is 1. The lowest BCUT2D eigenvalue weighted by Crippen LogP contribution is -2.38. The first-order chi connectivity index (χ1) is 8.53. The number of hydrogen-bond acceptors (Lipinski definition) is 3. The van der Waals surface area contributed by atoms with Crippen molar-refractivity contribution in [3.8, 4) is 0 Å². The van der Waals surface area contributed by atoms with Crippen LogP contribution < -0.4 is 0 Å². The fourth-order valence-corrected chi connectivity index (χ4v) is 2.35. The first-order valence-electron chi connectivity index (χ1n) is 7.00. The van der Waals surface area contributed by atoms with Gasteiger partial charge in [-0.25, -0.2) is 0 Å². The maximum absolute atomic E-state index is 9.97. The molecule has 4 nitrogen and oxygen atoms in total. The minimum Gasteiger partial charge on any atom is -0.389 e. The molecule has 0 saturated heterocycles. The summed E-state index contributed by atoms with van der Waals surface area (Å²) in [5.74, 6) is 0. The van der Waals surface area contributed by atoms with Gasteiger partial charge in [-0.15, -0.1) is 0 Å². The highest BCUT2D eigenvalue weighted by Crippen LogP contribution is 2.25. The quantitative estimate of drug-likeness (QED) is 0.890. The second kappa shape index (κ2) is 5.63. The summed E-state index contributed by atoms with van der Waals surface area (Å²) >= 11 is 0. The summed E-state index contributed by atoms with van der Waals surface area (Å²) in [6.07, 6.45) is 2.09. The third-order valence-corrected chi connectivity index (χ3v) is 3.07. The molecule has 110 valence electrons. The third kappa shape index (κ3) is 4.96. The van der Waals surface area contributed by atoms with E-state index in [9.17, 15) is 5.11 Å². The molecule has 1 N–H and O–H groups in total. The Morgan fingerprint density at radius 3 is 2.26 bits per heavy atom. The van der Waals surface area contributed by atoms with Gasteiger partial charge in [0.05, 0.1) is 11.3 Å². The first kappa shape index (κ1) is 16.2. The van der Waals surface area contributed by atoms with Gasteiger partial charge in [-0.2, -0.15) is 5.10 Å². The number of hydrogen-bond donors (Lipinski definition) is 1. The van der Waals surface area contributed by atoms with Crippen molar-refractivity contribution in [3.05, 3.63) is 17.5 Å². The molecule has 0 aromatic carbocycles. The fraction of sp³-hybridized carbons (Fsp3) is 0.800. The normalized spacial score (nSPS) is 13.3. The van der Waals surface area contributed by atoms with Crippen molar-refractivity contribution in [3.63, 3.8) is 0 Å². The Bertz CT molecular complexity index is 410. The van der Waals surface area contributed by atoms with Crippen LogP contribution in [0.15, 0.2) is 6.20 Å². The number of nitrogens with zero attached hydrogens (tertiary/aromatic N) is 3. The molecule has 1 aromatic heterocycles. The second-order valence-corrected chi connectivity index (χ2v) is 7.04. The molecule has 1 rings (SSSR count). The van der Waals surface area contributed by atoms with Gasteiger partial charge in [-0.3, -0.25) is 9.58 Å². The van der Waals surface area contributed by atoms with E-state index in [-0.39, 0.29) is 5.41 Å². The van der Waals surface area contributed by atoms with Crippen LogP contribution in [-0.4, -0.2) is 38.5 Å². The SMILES string of the molecule is CCN(Cc1cn(C)nc1C(C)(C)C)CC(C)(C)O. The molecule has 19 heavy (non-hydrogen) atoms. The number of aliphatic hydroxyl groups is 1. The largest absolute Gasteiger partial charge is 0.389 e. The Morgan fingerprint density at radius 2 is 1.84 bits per heavy atom. The highest BCUT2D eigenvalue weighted by molar-refractivity contribution is 5.24. The summed E-state index contributed by atoms with van der Waals surface area (Å²) < 4.78 is 1.88. The molecule has 0 unspecified atom stereocenters. The molecule has 1 heterocycles. The second-order valence-electron chi connectivity index (χ2n) is 7.04. The summed E-state index contributed by atoms with van der Waals surface area (Å²) in [5, 5.41) is 14.6. The van der Waals surface area contributed by atoms with Gasteiger partial charge in [-0.1, -0.05) is 27.7 Å². The Balaban J connectivity index is 2.92. The topological polar surface area (TPSA) is 41.3 Å². The monoisotopic (exact) mass is 267 g/mol. The van der Waals surface area contributed by atoms with Crippen LogP contribution in [0.1, 0.15) is 52.8 Å². The molecule has 0 fully saturated rings. The smallest absolute Gasteiger partial charge is 0.0722 e. The van der Waals surface area contributed by atoms with Gasteiger partial charge in [0.1, 0.15) is 0 Å². The van der Waals surface area contributed by atoms with Crippen molar-refractivity contribution in [2.24, 2.45) is 7.05 Å². The maximum Gasteiger partial charge on any atom is 0.0722 e. The van der Waals surface area contributed by atoms with Gasteiger partial charge in [-0.05, 0) is 20.4 Å². The van der Waals surface area contributed by atoms with Crippen LogP contribution in [0.25, 0.3) is 0 Å². The van der Waals surface area contributed by atoms with E-state index in [0.717, 1.165) is 18.8 Å². The predicted molar refractivity (Wildman–Crippen MR) is 79.2 cm³/mol. The molecule has 1 aromatic rings. The Kier molecular flexibility index (Phi) is 4.80. The summed E-state index contributed by atoms with van der Waals surface area (Å²) in [6.45, 7) is 14.8. The zero-order valence-corrected chi connectivity index (χ0v) is 13.5. The number of rotatable bonds is 5. The van der Waals surface area contributed by atoms with Crippen LogP contribution >= 0.6 is 0 Å². The highest BCUT2D eigenvalue weighted by atomic mass is 16.3. The molecule has 0 aliphatic carbocycles.